The Bertz CT molecular complexity index is 623. The number of anilines is 1. The largest absolute Gasteiger partial charge is 0.399 e. The van der Waals surface area contributed by atoms with E-state index in [1.807, 2.05) is 12.1 Å². The molecule has 2 N–H and O–H groups in total. The van der Waals surface area contributed by atoms with Crippen molar-refractivity contribution in [1.82, 2.24) is 4.90 Å². The fourth-order valence-corrected chi connectivity index (χ4v) is 1.99. The minimum Gasteiger partial charge on any atom is -0.399 e. The van der Waals surface area contributed by atoms with E-state index in [0.717, 1.165) is 5.56 Å². The van der Waals surface area contributed by atoms with Crippen LogP contribution in [-0.4, -0.2) is 17.9 Å². The highest BCUT2D eigenvalue weighted by Gasteiger charge is 2.17. The van der Waals surface area contributed by atoms with Crippen LogP contribution in [-0.2, 0) is 6.54 Å². The highest BCUT2D eigenvalue weighted by Crippen LogP contribution is 2.15. The third-order valence-corrected chi connectivity index (χ3v) is 3.17. The van der Waals surface area contributed by atoms with Crippen LogP contribution in [0.4, 0.5) is 10.1 Å². The number of hydrogen-bond donors (Lipinski definition) is 1. The SMILES string of the molecule is Cc1cccc(C(=O)N(C)Cc2ccc(N)cc2)c1F. The Hall–Kier alpha value is -2.36. The molecular weight excluding hydrogens is 255 g/mol. The molecule has 0 aliphatic rings. The van der Waals surface area contributed by atoms with Gasteiger partial charge in [0.1, 0.15) is 5.82 Å². The molecule has 0 radical (unpaired) electrons. The molecule has 0 aromatic heterocycles. The Morgan fingerprint density at radius 3 is 2.50 bits per heavy atom. The molecule has 0 aliphatic heterocycles. The molecule has 2 aromatic rings. The van der Waals surface area contributed by atoms with Gasteiger partial charge in [-0.2, -0.15) is 0 Å². The molecule has 0 bridgehead atoms. The van der Waals surface area contributed by atoms with Crippen LogP contribution < -0.4 is 5.73 Å². The van der Waals surface area contributed by atoms with Gasteiger partial charge in [0.15, 0.2) is 0 Å². The summed E-state index contributed by atoms with van der Waals surface area (Å²) in [4.78, 5) is 13.7. The van der Waals surface area contributed by atoms with Crippen molar-refractivity contribution in [3.05, 3.63) is 65.0 Å². The summed E-state index contributed by atoms with van der Waals surface area (Å²) in [6.45, 7) is 2.05. The molecule has 0 saturated carbocycles. The van der Waals surface area contributed by atoms with Gasteiger partial charge in [-0.1, -0.05) is 24.3 Å². The van der Waals surface area contributed by atoms with E-state index in [0.29, 0.717) is 17.8 Å². The predicted molar refractivity (Wildman–Crippen MR) is 77.8 cm³/mol. The molecule has 0 aliphatic carbocycles. The van der Waals surface area contributed by atoms with Gasteiger partial charge in [0.05, 0.1) is 5.56 Å². The maximum atomic E-state index is 13.9. The van der Waals surface area contributed by atoms with Gasteiger partial charge in [-0.15, -0.1) is 0 Å². The van der Waals surface area contributed by atoms with Gasteiger partial charge < -0.3 is 10.6 Å². The maximum absolute atomic E-state index is 13.9. The average molecular weight is 272 g/mol. The van der Waals surface area contributed by atoms with Crippen molar-refractivity contribution in [2.75, 3.05) is 12.8 Å². The highest BCUT2D eigenvalue weighted by molar-refractivity contribution is 5.94. The molecule has 0 unspecified atom stereocenters. The minimum absolute atomic E-state index is 0.0999. The molecule has 104 valence electrons. The third-order valence-electron chi connectivity index (χ3n) is 3.17. The van der Waals surface area contributed by atoms with E-state index >= 15 is 0 Å². The second kappa shape index (κ2) is 5.74. The maximum Gasteiger partial charge on any atom is 0.256 e. The molecule has 2 aromatic carbocycles. The average Bonchev–Trinajstić information content (AvgIpc) is 2.43. The Balaban J connectivity index is 2.16. The Labute approximate surface area is 117 Å². The number of carbonyl (C=O) groups is 1. The van der Waals surface area contributed by atoms with Crippen molar-refractivity contribution >= 4 is 11.6 Å². The normalized spacial score (nSPS) is 10.3. The summed E-state index contributed by atoms with van der Waals surface area (Å²) in [7, 11) is 1.65. The quantitative estimate of drug-likeness (QED) is 0.873. The number of rotatable bonds is 3. The second-order valence-electron chi connectivity index (χ2n) is 4.84. The second-order valence-corrected chi connectivity index (χ2v) is 4.84. The van der Waals surface area contributed by atoms with Crippen molar-refractivity contribution in [2.24, 2.45) is 0 Å². The summed E-state index contributed by atoms with van der Waals surface area (Å²) in [5, 5.41) is 0. The smallest absolute Gasteiger partial charge is 0.256 e. The fraction of sp³-hybridized carbons (Fsp3) is 0.188. The van der Waals surface area contributed by atoms with Gasteiger partial charge in [0, 0.05) is 19.3 Å². The number of carbonyl (C=O) groups excluding carboxylic acids is 1. The van der Waals surface area contributed by atoms with Gasteiger partial charge in [-0.25, -0.2) is 4.39 Å². The number of halogens is 1. The summed E-state index contributed by atoms with van der Waals surface area (Å²) >= 11 is 0. The zero-order valence-corrected chi connectivity index (χ0v) is 11.6. The van der Waals surface area contributed by atoms with Crippen molar-refractivity contribution in [2.45, 2.75) is 13.5 Å². The monoisotopic (exact) mass is 272 g/mol. The lowest BCUT2D eigenvalue weighted by Crippen LogP contribution is -2.27. The fourth-order valence-electron chi connectivity index (χ4n) is 1.99. The van der Waals surface area contributed by atoms with Gasteiger partial charge in [-0.3, -0.25) is 4.79 Å². The molecular formula is C16H17FN2O. The standard InChI is InChI=1S/C16H17FN2O/c1-11-4-3-5-14(15(11)17)16(20)19(2)10-12-6-8-13(18)9-7-12/h3-9H,10,18H2,1-2H3. The minimum atomic E-state index is -0.457. The van der Waals surface area contributed by atoms with E-state index in [-0.39, 0.29) is 11.5 Å². The van der Waals surface area contributed by atoms with Gasteiger partial charge in [0.25, 0.3) is 5.91 Å². The summed E-state index contributed by atoms with van der Waals surface area (Å²) in [6, 6.07) is 12.1. The first-order valence-electron chi connectivity index (χ1n) is 6.34. The number of aryl methyl sites for hydroxylation is 1. The number of hydrogen-bond acceptors (Lipinski definition) is 2. The number of nitrogens with two attached hydrogens (primary N) is 1. The molecule has 0 spiro atoms. The van der Waals surface area contributed by atoms with Crippen molar-refractivity contribution in [3.63, 3.8) is 0 Å². The lowest BCUT2D eigenvalue weighted by Gasteiger charge is -2.18. The van der Waals surface area contributed by atoms with E-state index in [9.17, 15) is 9.18 Å². The van der Waals surface area contributed by atoms with Crippen LogP contribution in [0, 0.1) is 12.7 Å². The molecule has 0 saturated heterocycles. The number of amides is 1. The van der Waals surface area contributed by atoms with E-state index in [4.69, 9.17) is 5.73 Å². The molecule has 0 fully saturated rings. The van der Waals surface area contributed by atoms with Gasteiger partial charge in [-0.05, 0) is 36.2 Å². The summed E-state index contributed by atoms with van der Waals surface area (Å²) in [5.41, 5.74) is 7.80. The topological polar surface area (TPSA) is 46.3 Å². The zero-order valence-electron chi connectivity index (χ0n) is 11.6. The molecule has 0 atom stereocenters. The highest BCUT2D eigenvalue weighted by atomic mass is 19.1. The van der Waals surface area contributed by atoms with Crippen molar-refractivity contribution < 1.29 is 9.18 Å². The summed E-state index contributed by atoms with van der Waals surface area (Å²) < 4.78 is 13.9. The number of nitrogens with zero attached hydrogens (tertiary/aromatic N) is 1. The van der Waals surface area contributed by atoms with E-state index in [2.05, 4.69) is 0 Å². The first-order valence-corrected chi connectivity index (χ1v) is 6.34. The van der Waals surface area contributed by atoms with Crippen LogP contribution in [0.2, 0.25) is 0 Å². The molecule has 2 rings (SSSR count). The van der Waals surface area contributed by atoms with Gasteiger partial charge in [0.2, 0.25) is 0 Å². The Kier molecular flexibility index (Phi) is 4.03. The molecule has 1 amide bonds. The molecule has 20 heavy (non-hydrogen) atoms. The zero-order chi connectivity index (χ0) is 14.7. The van der Waals surface area contributed by atoms with Crippen LogP contribution in [0.5, 0.6) is 0 Å². The molecule has 4 heteroatoms. The molecule has 0 heterocycles. The predicted octanol–water partition coefficient (Wildman–Crippen LogP) is 2.99. The van der Waals surface area contributed by atoms with E-state index < -0.39 is 5.82 Å². The lowest BCUT2D eigenvalue weighted by molar-refractivity contribution is 0.0780. The Morgan fingerprint density at radius 1 is 1.20 bits per heavy atom. The number of benzene rings is 2. The van der Waals surface area contributed by atoms with Crippen molar-refractivity contribution in [3.8, 4) is 0 Å². The van der Waals surface area contributed by atoms with E-state index in [1.54, 1.807) is 38.2 Å². The first kappa shape index (κ1) is 14.1. The summed E-state index contributed by atoms with van der Waals surface area (Å²) in [6.07, 6.45) is 0. The summed E-state index contributed by atoms with van der Waals surface area (Å²) in [5.74, 6) is -0.787. The lowest BCUT2D eigenvalue weighted by atomic mass is 10.1. The Morgan fingerprint density at radius 2 is 1.85 bits per heavy atom. The van der Waals surface area contributed by atoms with Crippen LogP contribution >= 0.6 is 0 Å². The van der Waals surface area contributed by atoms with Crippen LogP contribution in [0.15, 0.2) is 42.5 Å². The van der Waals surface area contributed by atoms with Crippen molar-refractivity contribution in [1.29, 1.82) is 0 Å². The number of nitrogen functional groups attached to an aromatic ring is 1. The van der Waals surface area contributed by atoms with Crippen LogP contribution in [0.1, 0.15) is 21.5 Å². The third kappa shape index (κ3) is 2.96. The van der Waals surface area contributed by atoms with Crippen LogP contribution in [0.25, 0.3) is 0 Å². The first-order chi connectivity index (χ1) is 9.49. The molecule has 3 nitrogen and oxygen atoms in total. The van der Waals surface area contributed by atoms with Crippen LogP contribution in [0.3, 0.4) is 0 Å². The van der Waals surface area contributed by atoms with Gasteiger partial charge >= 0.3 is 0 Å². The van der Waals surface area contributed by atoms with E-state index in [1.165, 1.54) is 11.0 Å².